The first-order valence-corrected chi connectivity index (χ1v) is 10.4. The van der Waals surface area contributed by atoms with Crippen LogP contribution in [0.4, 0.5) is 0 Å². The molecule has 0 aliphatic heterocycles. The quantitative estimate of drug-likeness (QED) is 0.584. The molecule has 0 spiro atoms. The molecule has 1 fully saturated rings. The Balaban J connectivity index is 1.81. The van der Waals surface area contributed by atoms with Crippen molar-refractivity contribution < 1.29 is 0 Å². The Bertz CT molecular complexity index is 959. The van der Waals surface area contributed by atoms with Gasteiger partial charge in [-0.15, -0.1) is 11.8 Å². The third-order valence-corrected chi connectivity index (χ3v) is 6.44. The fourth-order valence-electron chi connectivity index (χ4n) is 3.80. The lowest BCUT2D eigenvalue weighted by molar-refractivity contribution is 0.391. The Morgan fingerprint density at radius 2 is 1.88 bits per heavy atom. The van der Waals surface area contributed by atoms with Crippen LogP contribution >= 0.6 is 11.8 Å². The molecule has 3 nitrogen and oxygen atoms in total. The maximum absolute atomic E-state index is 12.7. The minimum Gasteiger partial charge on any atom is -0.304 e. The number of aromatic nitrogens is 2. The summed E-state index contributed by atoms with van der Waals surface area (Å²) in [5, 5.41) is 1.71. The van der Waals surface area contributed by atoms with Crippen molar-refractivity contribution in [2.45, 2.75) is 44.1 Å². The van der Waals surface area contributed by atoms with Gasteiger partial charge in [-0.05, 0) is 43.9 Å². The second-order valence-electron chi connectivity index (χ2n) is 7.18. The molecule has 1 aliphatic carbocycles. The Morgan fingerprint density at radius 1 is 1.12 bits per heavy atom. The zero-order valence-electron chi connectivity index (χ0n) is 15.1. The first-order valence-electron chi connectivity index (χ1n) is 9.43. The Kier molecular flexibility index (Phi) is 5.11. The molecule has 134 valence electrons. The third-order valence-electron chi connectivity index (χ3n) is 5.21. The van der Waals surface area contributed by atoms with Crippen molar-refractivity contribution >= 4 is 22.7 Å². The molecule has 1 saturated carbocycles. The summed E-state index contributed by atoms with van der Waals surface area (Å²) in [4.78, 5) is 17.0. The van der Waals surface area contributed by atoms with E-state index in [1.54, 1.807) is 12.3 Å². The molecule has 0 radical (unpaired) electrons. The summed E-state index contributed by atoms with van der Waals surface area (Å²) in [6.07, 6.45) is 8.41. The molecule has 4 heteroatoms. The van der Waals surface area contributed by atoms with E-state index in [0.717, 1.165) is 33.6 Å². The lowest BCUT2D eigenvalue weighted by Crippen LogP contribution is -2.13. The first-order chi connectivity index (χ1) is 12.7. The van der Waals surface area contributed by atoms with Crippen molar-refractivity contribution in [2.75, 3.05) is 5.75 Å². The molecule has 0 unspecified atom stereocenters. The van der Waals surface area contributed by atoms with E-state index in [1.807, 2.05) is 43.0 Å². The normalized spacial score (nSPS) is 15.4. The molecule has 0 amide bonds. The lowest BCUT2D eigenvalue weighted by Gasteiger charge is -2.22. The second-order valence-corrected chi connectivity index (χ2v) is 8.22. The largest absolute Gasteiger partial charge is 0.304 e. The number of para-hydroxylation sites is 1. The molecular formula is C22H24N2OS. The number of thioether (sulfide) groups is 1. The van der Waals surface area contributed by atoms with Gasteiger partial charge in [0.1, 0.15) is 0 Å². The van der Waals surface area contributed by atoms with Crippen LogP contribution in [-0.2, 0) is 0 Å². The second kappa shape index (κ2) is 7.67. The van der Waals surface area contributed by atoms with Crippen molar-refractivity contribution in [3.8, 4) is 5.69 Å². The third kappa shape index (κ3) is 3.56. The minimum absolute atomic E-state index is 0.0609. The van der Waals surface area contributed by atoms with Crippen LogP contribution in [0, 0.1) is 12.8 Å². The van der Waals surface area contributed by atoms with Gasteiger partial charge >= 0.3 is 0 Å². The maximum Gasteiger partial charge on any atom is 0.192 e. The monoisotopic (exact) mass is 364 g/mol. The average molecular weight is 365 g/mol. The van der Waals surface area contributed by atoms with Gasteiger partial charge in [-0.3, -0.25) is 9.78 Å². The molecule has 3 aromatic rings. The summed E-state index contributed by atoms with van der Waals surface area (Å²) in [5.41, 5.74) is 3.03. The highest BCUT2D eigenvalue weighted by Gasteiger charge is 2.17. The number of hydrogen-bond donors (Lipinski definition) is 0. The number of rotatable bonds is 4. The summed E-state index contributed by atoms with van der Waals surface area (Å²) in [7, 11) is 0. The molecule has 26 heavy (non-hydrogen) atoms. The van der Waals surface area contributed by atoms with E-state index in [0.29, 0.717) is 5.39 Å². The molecule has 0 atom stereocenters. The van der Waals surface area contributed by atoms with Crippen LogP contribution in [0.15, 0.2) is 58.5 Å². The van der Waals surface area contributed by atoms with Crippen LogP contribution < -0.4 is 5.43 Å². The standard InChI is InChI=1S/C22H24N2OS/c1-16-12-20-19(14-23-16)21(25)13-22(24(20)18-10-6-3-7-11-18)26-15-17-8-4-2-5-9-17/h3,6-7,10-14,17H,2,4-5,8-9,15H2,1H3. The summed E-state index contributed by atoms with van der Waals surface area (Å²) in [6.45, 7) is 1.97. The topological polar surface area (TPSA) is 34.9 Å². The fraction of sp³-hybridized carbons (Fsp3) is 0.364. The SMILES string of the molecule is Cc1cc2c(cn1)c(=O)cc(SCC1CCCCC1)n2-c1ccccc1. The van der Waals surface area contributed by atoms with E-state index < -0.39 is 0 Å². The molecule has 1 aliphatic rings. The van der Waals surface area contributed by atoms with Crippen LogP contribution in [0.2, 0.25) is 0 Å². The molecular weight excluding hydrogens is 340 g/mol. The Hall–Kier alpha value is -2.07. The summed E-state index contributed by atoms with van der Waals surface area (Å²) in [6, 6.07) is 14.1. The zero-order chi connectivity index (χ0) is 17.9. The van der Waals surface area contributed by atoms with E-state index in [-0.39, 0.29) is 5.43 Å². The van der Waals surface area contributed by atoms with Crippen molar-refractivity contribution in [3.63, 3.8) is 0 Å². The summed E-state index contributed by atoms with van der Waals surface area (Å²) in [5.74, 6) is 1.85. The number of hydrogen-bond acceptors (Lipinski definition) is 3. The van der Waals surface area contributed by atoms with Crippen molar-refractivity contribution in [1.29, 1.82) is 0 Å². The number of benzene rings is 1. The molecule has 1 aromatic carbocycles. The molecule has 0 bridgehead atoms. The van der Waals surface area contributed by atoms with Gasteiger partial charge in [0.05, 0.1) is 15.9 Å². The van der Waals surface area contributed by atoms with Crippen LogP contribution in [0.25, 0.3) is 16.6 Å². The van der Waals surface area contributed by atoms with Gasteiger partial charge in [0.2, 0.25) is 0 Å². The maximum atomic E-state index is 12.7. The molecule has 2 aromatic heterocycles. The fourth-order valence-corrected chi connectivity index (χ4v) is 5.06. The number of fused-ring (bicyclic) bond motifs is 1. The highest BCUT2D eigenvalue weighted by atomic mass is 32.2. The van der Waals surface area contributed by atoms with Crippen LogP contribution in [-0.4, -0.2) is 15.3 Å². The van der Waals surface area contributed by atoms with Gasteiger partial charge in [0.15, 0.2) is 5.43 Å². The van der Waals surface area contributed by atoms with Crippen molar-refractivity contribution in [1.82, 2.24) is 9.55 Å². The first kappa shape index (κ1) is 17.3. The average Bonchev–Trinajstić information content (AvgIpc) is 2.67. The van der Waals surface area contributed by atoms with E-state index in [1.165, 1.54) is 32.1 Å². The van der Waals surface area contributed by atoms with E-state index in [2.05, 4.69) is 21.7 Å². The highest BCUT2D eigenvalue weighted by Crippen LogP contribution is 2.32. The molecule has 0 N–H and O–H groups in total. The van der Waals surface area contributed by atoms with Crippen molar-refractivity contribution in [3.05, 3.63) is 64.6 Å². The summed E-state index contributed by atoms with van der Waals surface area (Å²) >= 11 is 1.83. The zero-order valence-corrected chi connectivity index (χ0v) is 16.0. The predicted molar refractivity (Wildman–Crippen MR) is 109 cm³/mol. The van der Waals surface area contributed by atoms with Gasteiger partial charge in [-0.1, -0.05) is 37.5 Å². The predicted octanol–water partition coefficient (Wildman–Crippen LogP) is 5.37. The number of aryl methyl sites for hydroxylation is 1. The highest BCUT2D eigenvalue weighted by molar-refractivity contribution is 7.99. The van der Waals surface area contributed by atoms with E-state index >= 15 is 0 Å². The number of pyridine rings is 2. The molecule has 2 heterocycles. The smallest absolute Gasteiger partial charge is 0.192 e. The van der Waals surface area contributed by atoms with Gasteiger partial charge in [0, 0.05) is 29.4 Å². The molecule has 4 rings (SSSR count). The number of nitrogens with zero attached hydrogens (tertiary/aromatic N) is 2. The summed E-state index contributed by atoms with van der Waals surface area (Å²) < 4.78 is 2.22. The Morgan fingerprint density at radius 3 is 2.65 bits per heavy atom. The van der Waals surface area contributed by atoms with Gasteiger partial charge in [-0.2, -0.15) is 0 Å². The van der Waals surface area contributed by atoms with Gasteiger partial charge in [-0.25, -0.2) is 0 Å². The molecule has 0 saturated heterocycles. The van der Waals surface area contributed by atoms with Crippen LogP contribution in [0.5, 0.6) is 0 Å². The Labute approximate surface area is 158 Å². The van der Waals surface area contributed by atoms with Crippen molar-refractivity contribution in [2.24, 2.45) is 5.92 Å². The van der Waals surface area contributed by atoms with Crippen LogP contribution in [0.3, 0.4) is 0 Å². The minimum atomic E-state index is 0.0609. The lowest BCUT2D eigenvalue weighted by atomic mass is 9.91. The van der Waals surface area contributed by atoms with Crippen LogP contribution in [0.1, 0.15) is 37.8 Å². The van der Waals surface area contributed by atoms with Gasteiger partial charge < -0.3 is 4.57 Å². The van der Waals surface area contributed by atoms with Gasteiger partial charge in [0.25, 0.3) is 0 Å². The van der Waals surface area contributed by atoms with E-state index in [9.17, 15) is 4.79 Å². The van der Waals surface area contributed by atoms with E-state index in [4.69, 9.17) is 0 Å².